The Labute approximate surface area is 163 Å². The number of fused-ring (bicyclic) bond motifs is 2. The van der Waals surface area contributed by atoms with Gasteiger partial charge in [-0.2, -0.15) is 0 Å². The molecule has 0 aliphatic heterocycles. The van der Waals surface area contributed by atoms with Crippen LogP contribution in [0.1, 0.15) is 19.0 Å². The number of methoxy groups -OCH3 is 1. The molecule has 0 spiro atoms. The summed E-state index contributed by atoms with van der Waals surface area (Å²) in [6, 6.07) is 15.7. The number of rotatable bonds is 6. The monoisotopic (exact) mass is 374 g/mol. The summed E-state index contributed by atoms with van der Waals surface area (Å²) < 4.78 is 17.6. The Balaban J connectivity index is 1.77. The van der Waals surface area contributed by atoms with E-state index in [0.717, 1.165) is 39.7 Å². The van der Waals surface area contributed by atoms with Crippen LogP contribution in [-0.2, 0) is 0 Å². The highest BCUT2D eigenvalue weighted by Crippen LogP contribution is 2.38. The van der Waals surface area contributed by atoms with Crippen LogP contribution in [0.5, 0.6) is 23.0 Å². The van der Waals surface area contributed by atoms with Gasteiger partial charge in [0.05, 0.1) is 30.4 Å². The van der Waals surface area contributed by atoms with Crippen molar-refractivity contribution in [1.82, 2.24) is 9.97 Å². The van der Waals surface area contributed by atoms with Crippen LogP contribution in [0.15, 0.2) is 54.7 Å². The van der Waals surface area contributed by atoms with Crippen LogP contribution in [0.25, 0.3) is 21.8 Å². The summed E-state index contributed by atoms with van der Waals surface area (Å²) in [6.45, 7) is 4.64. The van der Waals surface area contributed by atoms with E-state index < -0.39 is 0 Å². The molecule has 0 bridgehead atoms. The Morgan fingerprint density at radius 2 is 1.75 bits per heavy atom. The van der Waals surface area contributed by atoms with Crippen LogP contribution < -0.4 is 14.2 Å². The fraction of sp³-hybridized carbons (Fsp3) is 0.217. The molecule has 28 heavy (non-hydrogen) atoms. The summed E-state index contributed by atoms with van der Waals surface area (Å²) in [5, 5.41) is 1.89. The molecule has 0 atom stereocenters. The molecule has 0 aliphatic rings. The van der Waals surface area contributed by atoms with Gasteiger partial charge in [-0.15, -0.1) is 0 Å². The molecular formula is C23H22N2O3. The normalized spacial score (nSPS) is 11.0. The standard InChI is InChI=1S/C23H22N2O3/c1-4-11-27-23-14-19-17(13-22(23)26-3)20(9-10-24-19)28-21-12-16-7-5-6-8-18(16)25-15(21)2/h5-10,12-14H,4,11H2,1-3H3. The minimum Gasteiger partial charge on any atom is -0.493 e. The Kier molecular flexibility index (Phi) is 4.98. The van der Waals surface area contributed by atoms with E-state index in [-0.39, 0.29) is 0 Å². The first kappa shape index (κ1) is 18.0. The Hall–Kier alpha value is -3.34. The van der Waals surface area contributed by atoms with Crippen molar-refractivity contribution < 1.29 is 14.2 Å². The predicted octanol–water partition coefficient (Wildman–Crippen LogP) is 5.68. The molecule has 4 rings (SSSR count). The highest BCUT2D eigenvalue weighted by molar-refractivity contribution is 5.88. The third kappa shape index (κ3) is 3.43. The van der Waals surface area contributed by atoms with Gasteiger partial charge in [0.1, 0.15) is 11.5 Å². The molecule has 2 heterocycles. The minimum atomic E-state index is 0.625. The lowest BCUT2D eigenvalue weighted by atomic mass is 10.1. The summed E-state index contributed by atoms with van der Waals surface area (Å²) in [7, 11) is 1.63. The van der Waals surface area contributed by atoms with Gasteiger partial charge >= 0.3 is 0 Å². The van der Waals surface area contributed by atoms with Crippen LogP contribution in [0.3, 0.4) is 0 Å². The highest BCUT2D eigenvalue weighted by atomic mass is 16.5. The average Bonchev–Trinajstić information content (AvgIpc) is 2.72. The van der Waals surface area contributed by atoms with Gasteiger partial charge in [0, 0.05) is 23.0 Å². The number of aryl methyl sites for hydroxylation is 1. The Bertz CT molecular complexity index is 1140. The summed E-state index contributed by atoms with van der Waals surface area (Å²) in [5.41, 5.74) is 2.57. The van der Waals surface area contributed by atoms with E-state index in [1.54, 1.807) is 13.3 Å². The van der Waals surface area contributed by atoms with Crippen molar-refractivity contribution in [3.63, 3.8) is 0 Å². The summed E-state index contributed by atoms with van der Waals surface area (Å²) in [5.74, 6) is 2.76. The number of benzene rings is 2. The number of hydrogen-bond acceptors (Lipinski definition) is 5. The molecule has 4 aromatic rings. The molecule has 2 aromatic heterocycles. The van der Waals surface area contributed by atoms with E-state index in [0.29, 0.717) is 23.9 Å². The molecule has 0 fully saturated rings. The van der Waals surface area contributed by atoms with Gasteiger partial charge in [-0.3, -0.25) is 4.98 Å². The van der Waals surface area contributed by atoms with Crippen molar-refractivity contribution in [3.8, 4) is 23.0 Å². The number of hydrogen-bond donors (Lipinski definition) is 0. The average molecular weight is 374 g/mol. The first-order chi connectivity index (χ1) is 13.7. The summed E-state index contributed by atoms with van der Waals surface area (Å²) in [4.78, 5) is 9.12. The van der Waals surface area contributed by atoms with E-state index in [2.05, 4.69) is 16.9 Å². The van der Waals surface area contributed by atoms with Crippen LogP contribution >= 0.6 is 0 Å². The van der Waals surface area contributed by atoms with Crippen LogP contribution in [-0.4, -0.2) is 23.7 Å². The third-order valence-corrected chi connectivity index (χ3v) is 4.54. The minimum absolute atomic E-state index is 0.625. The number of pyridine rings is 2. The molecular weight excluding hydrogens is 352 g/mol. The van der Waals surface area contributed by atoms with Gasteiger partial charge in [-0.25, -0.2) is 4.98 Å². The lowest BCUT2D eigenvalue weighted by Crippen LogP contribution is -1.99. The summed E-state index contributed by atoms with van der Waals surface area (Å²) >= 11 is 0. The lowest BCUT2D eigenvalue weighted by molar-refractivity contribution is 0.295. The largest absolute Gasteiger partial charge is 0.493 e. The summed E-state index contributed by atoms with van der Waals surface area (Å²) in [6.07, 6.45) is 2.66. The second-order valence-corrected chi connectivity index (χ2v) is 6.54. The molecule has 0 aliphatic carbocycles. The molecule has 142 valence electrons. The lowest BCUT2D eigenvalue weighted by Gasteiger charge is -2.14. The molecule has 0 radical (unpaired) electrons. The third-order valence-electron chi connectivity index (χ3n) is 4.54. The molecule has 2 aromatic carbocycles. The van der Waals surface area contributed by atoms with Crippen molar-refractivity contribution in [2.75, 3.05) is 13.7 Å². The molecule has 0 unspecified atom stereocenters. The maximum Gasteiger partial charge on any atom is 0.163 e. The quantitative estimate of drug-likeness (QED) is 0.434. The topological polar surface area (TPSA) is 53.5 Å². The van der Waals surface area contributed by atoms with E-state index >= 15 is 0 Å². The Morgan fingerprint density at radius 3 is 2.57 bits per heavy atom. The van der Waals surface area contributed by atoms with Crippen molar-refractivity contribution in [1.29, 1.82) is 0 Å². The van der Waals surface area contributed by atoms with Crippen LogP contribution in [0.2, 0.25) is 0 Å². The van der Waals surface area contributed by atoms with Crippen LogP contribution in [0, 0.1) is 6.92 Å². The first-order valence-corrected chi connectivity index (χ1v) is 9.33. The molecule has 5 heteroatoms. The zero-order valence-corrected chi connectivity index (χ0v) is 16.2. The Morgan fingerprint density at radius 1 is 0.893 bits per heavy atom. The van der Waals surface area contributed by atoms with Gasteiger partial charge in [0.25, 0.3) is 0 Å². The van der Waals surface area contributed by atoms with Crippen LogP contribution in [0.4, 0.5) is 0 Å². The second-order valence-electron chi connectivity index (χ2n) is 6.54. The number of para-hydroxylation sites is 1. The van der Waals surface area contributed by atoms with Crippen molar-refractivity contribution in [2.45, 2.75) is 20.3 Å². The second kappa shape index (κ2) is 7.72. The number of aromatic nitrogens is 2. The van der Waals surface area contributed by atoms with Gasteiger partial charge < -0.3 is 14.2 Å². The number of nitrogens with zero attached hydrogens (tertiary/aromatic N) is 2. The van der Waals surface area contributed by atoms with Gasteiger partial charge in [0.15, 0.2) is 11.5 Å². The zero-order valence-electron chi connectivity index (χ0n) is 16.2. The molecule has 0 N–H and O–H groups in total. The maximum absolute atomic E-state index is 6.25. The fourth-order valence-corrected chi connectivity index (χ4v) is 3.12. The maximum atomic E-state index is 6.25. The zero-order chi connectivity index (χ0) is 19.5. The predicted molar refractivity (Wildman–Crippen MR) is 111 cm³/mol. The molecule has 0 saturated heterocycles. The van der Waals surface area contributed by atoms with Crippen molar-refractivity contribution in [3.05, 3.63) is 60.4 Å². The van der Waals surface area contributed by atoms with Gasteiger partial charge in [-0.1, -0.05) is 25.1 Å². The SMILES string of the molecule is CCCOc1cc2nccc(Oc3cc4ccccc4nc3C)c2cc1OC. The van der Waals surface area contributed by atoms with E-state index in [1.807, 2.05) is 55.5 Å². The molecule has 5 nitrogen and oxygen atoms in total. The van der Waals surface area contributed by atoms with Crippen molar-refractivity contribution >= 4 is 21.8 Å². The molecule has 0 saturated carbocycles. The smallest absolute Gasteiger partial charge is 0.163 e. The number of ether oxygens (including phenoxy) is 3. The van der Waals surface area contributed by atoms with E-state index in [9.17, 15) is 0 Å². The first-order valence-electron chi connectivity index (χ1n) is 9.33. The van der Waals surface area contributed by atoms with Gasteiger partial charge in [0.2, 0.25) is 0 Å². The van der Waals surface area contributed by atoms with E-state index in [4.69, 9.17) is 14.2 Å². The van der Waals surface area contributed by atoms with Gasteiger partial charge in [-0.05, 0) is 37.6 Å². The molecule has 0 amide bonds. The van der Waals surface area contributed by atoms with Crippen molar-refractivity contribution in [2.24, 2.45) is 0 Å². The highest BCUT2D eigenvalue weighted by Gasteiger charge is 2.13. The van der Waals surface area contributed by atoms with E-state index in [1.165, 1.54) is 0 Å². The fourth-order valence-electron chi connectivity index (χ4n) is 3.12.